The monoisotopic (exact) mass is 421 g/mol. The molecule has 2 aliphatic heterocycles. The second-order valence-electron chi connectivity index (χ2n) is 8.06. The van der Waals surface area contributed by atoms with Crippen LogP contribution in [0.1, 0.15) is 33.1 Å². The van der Waals surface area contributed by atoms with Gasteiger partial charge in [-0.1, -0.05) is 48.0 Å². The lowest BCUT2D eigenvalue weighted by Gasteiger charge is -2.32. The van der Waals surface area contributed by atoms with Gasteiger partial charge in [-0.05, 0) is 24.1 Å². The van der Waals surface area contributed by atoms with Crippen LogP contribution in [-0.4, -0.2) is 66.9 Å². The maximum Gasteiger partial charge on any atom is 0.261 e. The van der Waals surface area contributed by atoms with Crippen molar-refractivity contribution in [3.05, 3.63) is 70.8 Å². The molecule has 1 saturated heterocycles. The van der Waals surface area contributed by atoms with Crippen LogP contribution in [0.3, 0.4) is 0 Å². The quantitative estimate of drug-likeness (QED) is 0.719. The van der Waals surface area contributed by atoms with Crippen LogP contribution in [0.4, 0.5) is 0 Å². The van der Waals surface area contributed by atoms with Crippen LogP contribution < -0.4 is 5.32 Å². The average Bonchev–Trinajstić information content (AvgIpc) is 2.77. The summed E-state index contributed by atoms with van der Waals surface area (Å²) in [6.07, 6.45) is 0.129. The van der Waals surface area contributed by atoms with Crippen molar-refractivity contribution >= 4 is 17.7 Å². The molecule has 0 radical (unpaired) electrons. The van der Waals surface area contributed by atoms with Crippen LogP contribution in [0.5, 0.6) is 0 Å². The van der Waals surface area contributed by atoms with E-state index in [2.05, 4.69) is 10.2 Å². The SMILES string of the molecule is Cc1ccc([C@H](CN2CCOCC2)NC(=O)CN2C(=O)Cc3ccccc3C2=O)cc1. The molecule has 162 valence electrons. The van der Waals surface area contributed by atoms with Gasteiger partial charge in [-0.25, -0.2) is 0 Å². The number of hydrogen-bond acceptors (Lipinski definition) is 5. The summed E-state index contributed by atoms with van der Waals surface area (Å²) in [5, 5.41) is 3.04. The Kier molecular flexibility index (Phi) is 6.44. The first-order valence-corrected chi connectivity index (χ1v) is 10.6. The van der Waals surface area contributed by atoms with Gasteiger partial charge < -0.3 is 10.1 Å². The highest BCUT2D eigenvalue weighted by atomic mass is 16.5. The molecular weight excluding hydrogens is 394 g/mol. The zero-order valence-corrected chi connectivity index (χ0v) is 17.7. The Morgan fingerprint density at radius 1 is 1.06 bits per heavy atom. The molecule has 4 rings (SSSR count). The number of rotatable bonds is 6. The van der Waals surface area contributed by atoms with Gasteiger partial charge in [0.15, 0.2) is 0 Å². The lowest BCUT2D eigenvalue weighted by molar-refractivity contribution is -0.133. The molecule has 0 aromatic heterocycles. The van der Waals surface area contributed by atoms with E-state index in [1.807, 2.05) is 31.2 Å². The standard InChI is InChI=1S/C24H27N3O4/c1-17-6-8-18(9-7-17)21(15-26-10-12-31-13-11-26)25-22(28)16-27-23(29)14-19-4-2-3-5-20(19)24(27)30/h2-9,21H,10-16H2,1H3,(H,25,28)/t21-/m0/s1. The molecule has 1 atom stereocenters. The number of imide groups is 1. The second kappa shape index (κ2) is 9.41. The van der Waals surface area contributed by atoms with Gasteiger partial charge in [-0.15, -0.1) is 0 Å². The molecule has 2 aliphatic rings. The number of nitrogens with one attached hydrogen (secondary N) is 1. The van der Waals surface area contributed by atoms with Crippen LogP contribution in [0.15, 0.2) is 48.5 Å². The largest absolute Gasteiger partial charge is 0.379 e. The van der Waals surface area contributed by atoms with Crippen LogP contribution in [0.25, 0.3) is 0 Å². The van der Waals surface area contributed by atoms with E-state index in [9.17, 15) is 14.4 Å². The van der Waals surface area contributed by atoms with Crippen LogP contribution in [0.2, 0.25) is 0 Å². The Morgan fingerprint density at radius 2 is 1.77 bits per heavy atom. The molecule has 0 unspecified atom stereocenters. The summed E-state index contributed by atoms with van der Waals surface area (Å²) in [5.74, 6) is -1.11. The minimum atomic E-state index is -0.415. The highest BCUT2D eigenvalue weighted by Gasteiger charge is 2.32. The highest BCUT2D eigenvalue weighted by Crippen LogP contribution is 2.20. The molecule has 0 saturated carbocycles. The number of amides is 3. The van der Waals surface area contributed by atoms with Gasteiger partial charge in [0.25, 0.3) is 5.91 Å². The maximum atomic E-state index is 12.9. The second-order valence-corrected chi connectivity index (χ2v) is 8.06. The minimum absolute atomic E-state index is 0.129. The topological polar surface area (TPSA) is 79.0 Å². The van der Waals surface area contributed by atoms with E-state index < -0.39 is 5.91 Å². The third-order valence-corrected chi connectivity index (χ3v) is 5.80. The fraction of sp³-hybridized carbons (Fsp3) is 0.375. The van der Waals surface area contributed by atoms with Crippen molar-refractivity contribution in [2.75, 3.05) is 39.4 Å². The van der Waals surface area contributed by atoms with E-state index in [0.29, 0.717) is 30.9 Å². The summed E-state index contributed by atoms with van der Waals surface area (Å²) in [7, 11) is 0. The molecule has 2 aromatic rings. The molecule has 7 heteroatoms. The lowest BCUT2D eigenvalue weighted by Crippen LogP contribution is -2.49. The molecule has 0 bridgehead atoms. The van der Waals surface area contributed by atoms with Crippen LogP contribution >= 0.6 is 0 Å². The van der Waals surface area contributed by atoms with Gasteiger partial charge in [0, 0.05) is 25.2 Å². The minimum Gasteiger partial charge on any atom is -0.379 e. The van der Waals surface area contributed by atoms with Crippen molar-refractivity contribution in [1.82, 2.24) is 15.1 Å². The number of morpholine rings is 1. The molecule has 1 N–H and O–H groups in total. The maximum absolute atomic E-state index is 12.9. The van der Waals surface area contributed by atoms with E-state index in [4.69, 9.17) is 4.74 Å². The van der Waals surface area contributed by atoms with E-state index >= 15 is 0 Å². The molecule has 2 aromatic carbocycles. The Bertz CT molecular complexity index is 967. The van der Waals surface area contributed by atoms with Crippen LogP contribution in [0, 0.1) is 6.92 Å². The third kappa shape index (κ3) is 5.00. The molecule has 0 spiro atoms. The molecule has 2 heterocycles. The van der Waals surface area contributed by atoms with Crippen molar-refractivity contribution in [3.8, 4) is 0 Å². The summed E-state index contributed by atoms with van der Waals surface area (Å²) < 4.78 is 5.43. The first kappa shape index (κ1) is 21.2. The third-order valence-electron chi connectivity index (χ3n) is 5.80. The van der Waals surface area contributed by atoms with Crippen molar-refractivity contribution in [2.45, 2.75) is 19.4 Å². The molecule has 7 nitrogen and oxygen atoms in total. The van der Waals surface area contributed by atoms with Gasteiger partial charge >= 0.3 is 0 Å². The Hall–Kier alpha value is -3.03. The van der Waals surface area contributed by atoms with E-state index in [-0.39, 0.29) is 30.8 Å². The number of fused-ring (bicyclic) bond motifs is 1. The van der Waals surface area contributed by atoms with Gasteiger partial charge in [-0.2, -0.15) is 0 Å². The summed E-state index contributed by atoms with van der Waals surface area (Å²) in [6.45, 7) is 5.33. The van der Waals surface area contributed by atoms with Crippen molar-refractivity contribution in [3.63, 3.8) is 0 Å². The zero-order chi connectivity index (χ0) is 21.8. The summed E-state index contributed by atoms with van der Waals surface area (Å²) >= 11 is 0. The number of benzene rings is 2. The molecular formula is C24H27N3O4. The summed E-state index contributed by atoms with van der Waals surface area (Å²) in [5.41, 5.74) is 3.33. The number of carbonyl (C=O) groups is 3. The Morgan fingerprint density at radius 3 is 2.52 bits per heavy atom. The zero-order valence-electron chi connectivity index (χ0n) is 17.7. The van der Waals surface area contributed by atoms with E-state index in [1.165, 1.54) is 0 Å². The van der Waals surface area contributed by atoms with Crippen molar-refractivity contribution in [1.29, 1.82) is 0 Å². The van der Waals surface area contributed by atoms with Crippen LogP contribution in [-0.2, 0) is 20.7 Å². The molecule has 31 heavy (non-hydrogen) atoms. The first-order chi connectivity index (χ1) is 15.0. The fourth-order valence-electron chi connectivity index (χ4n) is 4.02. The number of aryl methyl sites for hydroxylation is 1. The number of ether oxygens (including phenoxy) is 1. The van der Waals surface area contributed by atoms with Crippen molar-refractivity contribution < 1.29 is 19.1 Å². The lowest BCUT2D eigenvalue weighted by atomic mass is 9.98. The number of hydrogen-bond donors (Lipinski definition) is 1. The fourth-order valence-corrected chi connectivity index (χ4v) is 4.02. The molecule has 1 fully saturated rings. The smallest absolute Gasteiger partial charge is 0.261 e. The number of carbonyl (C=O) groups excluding carboxylic acids is 3. The van der Waals surface area contributed by atoms with E-state index in [1.54, 1.807) is 24.3 Å². The Balaban J connectivity index is 1.47. The predicted octanol–water partition coefficient (Wildman–Crippen LogP) is 1.71. The Labute approximate surface area is 182 Å². The van der Waals surface area contributed by atoms with Gasteiger partial charge in [-0.3, -0.25) is 24.2 Å². The van der Waals surface area contributed by atoms with Gasteiger partial charge in [0.1, 0.15) is 6.54 Å². The van der Waals surface area contributed by atoms with Gasteiger partial charge in [0.2, 0.25) is 11.8 Å². The van der Waals surface area contributed by atoms with Crippen molar-refractivity contribution in [2.24, 2.45) is 0 Å². The summed E-state index contributed by atoms with van der Waals surface area (Å²) in [6, 6.07) is 14.8. The predicted molar refractivity (Wildman–Crippen MR) is 116 cm³/mol. The average molecular weight is 421 g/mol. The van der Waals surface area contributed by atoms with E-state index in [0.717, 1.165) is 29.1 Å². The number of nitrogens with zero attached hydrogens (tertiary/aromatic N) is 2. The first-order valence-electron chi connectivity index (χ1n) is 10.6. The molecule has 3 amide bonds. The normalized spacial score (nSPS) is 17.9. The van der Waals surface area contributed by atoms with Gasteiger partial charge in [0.05, 0.1) is 25.7 Å². The highest BCUT2D eigenvalue weighted by molar-refractivity contribution is 6.11. The molecule has 0 aliphatic carbocycles. The summed E-state index contributed by atoms with van der Waals surface area (Å²) in [4.78, 5) is 41.5.